The van der Waals surface area contributed by atoms with E-state index in [4.69, 9.17) is 9.84 Å². The van der Waals surface area contributed by atoms with Crippen molar-refractivity contribution in [1.29, 1.82) is 0 Å². The molecule has 0 aliphatic carbocycles. The number of rotatable bonds is 7. The number of morpholine rings is 1. The van der Waals surface area contributed by atoms with Crippen molar-refractivity contribution in [2.24, 2.45) is 5.92 Å². The summed E-state index contributed by atoms with van der Waals surface area (Å²) in [6, 6.07) is -0.245. The Balaban J connectivity index is 1.99. The van der Waals surface area contributed by atoms with Crippen LogP contribution < -0.4 is 10.6 Å². The zero-order chi connectivity index (χ0) is 14.1. The second-order valence-electron chi connectivity index (χ2n) is 4.66. The van der Waals surface area contributed by atoms with Crippen LogP contribution in [0.5, 0.6) is 0 Å². The van der Waals surface area contributed by atoms with Crippen LogP contribution in [-0.4, -0.2) is 67.9 Å². The molecule has 3 N–H and O–H groups in total. The number of nitrogens with one attached hydrogen (secondary N) is 2. The molecule has 1 saturated heterocycles. The molecule has 7 nitrogen and oxygen atoms in total. The fraction of sp³-hybridized carbons (Fsp3) is 0.833. The molecule has 1 heterocycles. The van der Waals surface area contributed by atoms with Crippen molar-refractivity contribution < 1.29 is 19.4 Å². The Kier molecular flexibility index (Phi) is 7.20. The first-order valence-corrected chi connectivity index (χ1v) is 6.64. The zero-order valence-electron chi connectivity index (χ0n) is 11.4. The van der Waals surface area contributed by atoms with Crippen molar-refractivity contribution in [2.75, 3.05) is 45.9 Å². The van der Waals surface area contributed by atoms with E-state index in [-0.39, 0.29) is 6.03 Å². The highest BCUT2D eigenvalue weighted by Gasteiger charge is 2.12. The van der Waals surface area contributed by atoms with Gasteiger partial charge in [0.05, 0.1) is 19.1 Å². The summed E-state index contributed by atoms with van der Waals surface area (Å²) < 4.78 is 5.23. The van der Waals surface area contributed by atoms with Gasteiger partial charge in [-0.3, -0.25) is 9.69 Å². The van der Waals surface area contributed by atoms with E-state index in [1.807, 2.05) is 0 Å². The van der Waals surface area contributed by atoms with Gasteiger partial charge in [0, 0.05) is 32.7 Å². The van der Waals surface area contributed by atoms with Crippen molar-refractivity contribution in [3.05, 3.63) is 0 Å². The maximum Gasteiger partial charge on any atom is 0.314 e. The summed E-state index contributed by atoms with van der Waals surface area (Å²) in [5.41, 5.74) is 0. The van der Waals surface area contributed by atoms with Gasteiger partial charge < -0.3 is 20.5 Å². The predicted octanol–water partition coefficient (Wildman–Crippen LogP) is -0.271. The van der Waals surface area contributed by atoms with E-state index in [0.717, 1.165) is 32.8 Å². The molecule has 19 heavy (non-hydrogen) atoms. The molecule has 0 aromatic heterocycles. The molecule has 1 rings (SSSR count). The Morgan fingerprint density at radius 3 is 2.53 bits per heavy atom. The average Bonchev–Trinajstić information content (AvgIpc) is 2.39. The number of carboxylic acids is 1. The summed E-state index contributed by atoms with van der Waals surface area (Å²) in [6.07, 6.45) is 0.437. The topological polar surface area (TPSA) is 90.9 Å². The number of amides is 2. The van der Waals surface area contributed by atoms with E-state index in [1.165, 1.54) is 0 Å². The molecule has 1 aliphatic heterocycles. The van der Waals surface area contributed by atoms with Crippen molar-refractivity contribution in [1.82, 2.24) is 15.5 Å². The van der Waals surface area contributed by atoms with E-state index in [9.17, 15) is 9.59 Å². The first-order valence-electron chi connectivity index (χ1n) is 6.64. The molecule has 1 atom stereocenters. The van der Waals surface area contributed by atoms with Crippen LogP contribution in [0.4, 0.5) is 4.79 Å². The molecule has 0 saturated carbocycles. The molecule has 0 radical (unpaired) electrons. The van der Waals surface area contributed by atoms with Gasteiger partial charge in [0.2, 0.25) is 0 Å². The van der Waals surface area contributed by atoms with Crippen LogP contribution in [0.25, 0.3) is 0 Å². The summed E-state index contributed by atoms with van der Waals surface area (Å²) in [4.78, 5) is 24.2. The molecular weight excluding hydrogens is 250 g/mol. The van der Waals surface area contributed by atoms with E-state index < -0.39 is 11.9 Å². The molecule has 1 unspecified atom stereocenters. The maximum absolute atomic E-state index is 11.4. The highest BCUT2D eigenvalue weighted by Crippen LogP contribution is 1.99. The number of urea groups is 1. The number of hydrogen-bond acceptors (Lipinski definition) is 4. The van der Waals surface area contributed by atoms with Crippen LogP contribution in [0, 0.1) is 5.92 Å². The minimum atomic E-state index is -0.838. The van der Waals surface area contributed by atoms with E-state index in [0.29, 0.717) is 19.5 Å². The van der Waals surface area contributed by atoms with Crippen molar-refractivity contribution >= 4 is 12.0 Å². The lowest BCUT2D eigenvalue weighted by Crippen LogP contribution is -2.44. The lowest BCUT2D eigenvalue weighted by Gasteiger charge is -2.26. The van der Waals surface area contributed by atoms with Crippen LogP contribution in [0.2, 0.25) is 0 Å². The molecule has 0 bridgehead atoms. The molecule has 2 amide bonds. The second-order valence-corrected chi connectivity index (χ2v) is 4.66. The van der Waals surface area contributed by atoms with E-state index in [2.05, 4.69) is 15.5 Å². The van der Waals surface area contributed by atoms with Gasteiger partial charge in [-0.15, -0.1) is 0 Å². The second kappa shape index (κ2) is 8.71. The third-order valence-corrected chi connectivity index (χ3v) is 3.10. The van der Waals surface area contributed by atoms with Gasteiger partial charge in [0.25, 0.3) is 0 Å². The Morgan fingerprint density at radius 1 is 1.26 bits per heavy atom. The van der Waals surface area contributed by atoms with Crippen molar-refractivity contribution in [3.63, 3.8) is 0 Å². The number of carbonyl (C=O) groups is 2. The fourth-order valence-electron chi connectivity index (χ4n) is 1.74. The number of carbonyl (C=O) groups excluding carboxylic acids is 1. The monoisotopic (exact) mass is 273 g/mol. The van der Waals surface area contributed by atoms with Crippen LogP contribution in [0.15, 0.2) is 0 Å². The Labute approximate surface area is 113 Å². The number of ether oxygens (including phenoxy) is 1. The fourth-order valence-corrected chi connectivity index (χ4v) is 1.74. The SMILES string of the molecule is CC(CCNC(=O)NCCN1CCOCC1)C(=O)O. The van der Waals surface area contributed by atoms with Gasteiger partial charge in [-0.1, -0.05) is 6.92 Å². The van der Waals surface area contributed by atoms with E-state index >= 15 is 0 Å². The standard InChI is InChI=1S/C12H23N3O4/c1-10(11(16)17)2-3-13-12(18)14-4-5-15-6-8-19-9-7-15/h10H,2-9H2,1H3,(H,16,17)(H2,13,14,18). The van der Waals surface area contributed by atoms with Gasteiger partial charge in [-0.2, -0.15) is 0 Å². The minimum Gasteiger partial charge on any atom is -0.481 e. The number of aliphatic carboxylic acids is 1. The van der Waals surface area contributed by atoms with Gasteiger partial charge in [-0.05, 0) is 6.42 Å². The quantitative estimate of drug-likeness (QED) is 0.594. The molecular formula is C12H23N3O4. The van der Waals surface area contributed by atoms with Crippen LogP contribution in [-0.2, 0) is 9.53 Å². The highest BCUT2D eigenvalue weighted by atomic mass is 16.5. The van der Waals surface area contributed by atoms with Gasteiger partial charge >= 0.3 is 12.0 Å². The third-order valence-electron chi connectivity index (χ3n) is 3.10. The lowest BCUT2D eigenvalue weighted by atomic mass is 10.1. The van der Waals surface area contributed by atoms with Gasteiger partial charge in [0.15, 0.2) is 0 Å². The minimum absolute atomic E-state index is 0.245. The maximum atomic E-state index is 11.4. The van der Waals surface area contributed by atoms with Gasteiger partial charge in [0.1, 0.15) is 0 Å². The highest BCUT2D eigenvalue weighted by molar-refractivity contribution is 5.74. The molecule has 0 aromatic carbocycles. The van der Waals surface area contributed by atoms with E-state index in [1.54, 1.807) is 6.92 Å². The summed E-state index contributed by atoms with van der Waals surface area (Å²) in [5.74, 6) is -1.27. The summed E-state index contributed by atoms with van der Waals surface area (Å²) in [7, 11) is 0. The largest absolute Gasteiger partial charge is 0.481 e. The van der Waals surface area contributed by atoms with Gasteiger partial charge in [-0.25, -0.2) is 4.79 Å². The van der Waals surface area contributed by atoms with Crippen molar-refractivity contribution in [3.8, 4) is 0 Å². The Morgan fingerprint density at radius 2 is 1.89 bits per heavy atom. The first-order chi connectivity index (χ1) is 9.09. The van der Waals surface area contributed by atoms with Crippen molar-refractivity contribution in [2.45, 2.75) is 13.3 Å². The Bertz CT molecular complexity index is 293. The molecule has 110 valence electrons. The molecule has 7 heteroatoms. The number of hydrogen-bond donors (Lipinski definition) is 3. The molecule has 1 fully saturated rings. The zero-order valence-corrected chi connectivity index (χ0v) is 11.4. The smallest absolute Gasteiger partial charge is 0.314 e. The lowest BCUT2D eigenvalue weighted by molar-refractivity contribution is -0.141. The predicted molar refractivity (Wildman–Crippen MR) is 70.1 cm³/mol. The van der Waals surface area contributed by atoms with Crippen LogP contribution >= 0.6 is 0 Å². The molecule has 1 aliphatic rings. The summed E-state index contributed by atoms with van der Waals surface area (Å²) >= 11 is 0. The molecule has 0 spiro atoms. The van der Waals surface area contributed by atoms with Crippen LogP contribution in [0.1, 0.15) is 13.3 Å². The summed E-state index contributed by atoms with van der Waals surface area (Å²) in [5, 5.41) is 14.1. The summed E-state index contributed by atoms with van der Waals surface area (Å²) in [6.45, 7) is 6.69. The van der Waals surface area contributed by atoms with Crippen LogP contribution in [0.3, 0.4) is 0 Å². The average molecular weight is 273 g/mol. The first kappa shape index (κ1) is 15.7. The normalized spacial score (nSPS) is 17.7. The molecule has 0 aromatic rings. The Hall–Kier alpha value is -1.34. The number of carboxylic acid groups (broad SMARTS) is 1. The third kappa shape index (κ3) is 6.97. The number of nitrogens with zero attached hydrogens (tertiary/aromatic N) is 1.